The molecule has 0 spiro atoms. The average Bonchev–Trinajstić information content (AvgIpc) is 2.71. The van der Waals surface area contributed by atoms with Crippen molar-refractivity contribution in [1.29, 1.82) is 0 Å². The van der Waals surface area contributed by atoms with Crippen LogP contribution in [0, 0.1) is 13.8 Å². The molecule has 2 N–H and O–H groups in total. The van der Waals surface area contributed by atoms with E-state index >= 15 is 0 Å². The second kappa shape index (κ2) is 9.48. The highest BCUT2D eigenvalue weighted by Crippen LogP contribution is 2.31. The van der Waals surface area contributed by atoms with Crippen molar-refractivity contribution in [3.8, 4) is 11.5 Å². The Kier molecular flexibility index (Phi) is 6.77. The molecule has 0 saturated heterocycles. The Morgan fingerprint density at radius 3 is 2.33 bits per heavy atom. The van der Waals surface area contributed by atoms with Crippen molar-refractivity contribution in [3.63, 3.8) is 0 Å². The van der Waals surface area contributed by atoms with E-state index in [2.05, 4.69) is 17.6 Å². The lowest BCUT2D eigenvalue weighted by molar-refractivity contribution is -0.139. The number of hydrogen-bond acceptors (Lipinski definition) is 4. The summed E-state index contributed by atoms with van der Waals surface area (Å²) in [5, 5.41) is 5.61. The van der Waals surface area contributed by atoms with Crippen LogP contribution in [0.15, 0.2) is 53.7 Å². The third-order valence-corrected chi connectivity index (χ3v) is 5.08. The largest absolute Gasteiger partial charge is 0.463 e. The highest BCUT2D eigenvalue weighted by molar-refractivity contribution is 5.95. The molecule has 2 amide bonds. The van der Waals surface area contributed by atoms with Gasteiger partial charge in [-0.15, -0.1) is 0 Å². The van der Waals surface area contributed by atoms with E-state index in [1.165, 1.54) is 5.56 Å². The van der Waals surface area contributed by atoms with Crippen LogP contribution < -0.4 is 15.4 Å². The molecule has 1 aliphatic heterocycles. The Morgan fingerprint density at radius 1 is 1.00 bits per heavy atom. The fourth-order valence-electron chi connectivity index (χ4n) is 3.41. The van der Waals surface area contributed by atoms with Gasteiger partial charge in [-0.3, -0.25) is 0 Å². The summed E-state index contributed by atoms with van der Waals surface area (Å²) in [6, 6.07) is 12.4. The van der Waals surface area contributed by atoms with Crippen LogP contribution in [0.25, 0.3) is 0 Å². The molecule has 6 heteroatoms. The lowest BCUT2D eigenvalue weighted by Gasteiger charge is -2.29. The van der Waals surface area contributed by atoms with E-state index in [1.54, 1.807) is 6.92 Å². The number of amides is 2. The van der Waals surface area contributed by atoms with Gasteiger partial charge in [0.25, 0.3) is 0 Å². The Hall–Kier alpha value is -3.28. The first-order valence-electron chi connectivity index (χ1n) is 10.3. The summed E-state index contributed by atoms with van der Waals surface area (Å²) in [6.07, 6.45) is 1.39. The third kappa shape index (κ3) is 4.82. The number of ether oxygens (including phenoxy) is 2. The maximum atomic E-state index is 12.6. The van der Waals surface area contributed by atoms with E-state index in [0.29, 0.717) is 23.4 Å². The van der Waals surface area contributed by atoms with Gasteiger partial charge in [-0.2, -0.15) is 0 Å². The number of aryl methyl sites for hydroxylation is 2. The van der Waals surface area contributed by atoms with Gasteiger partial charge >= 0.3 is 12.0 Å². The van der Waals surface area contributed by atoms with Gasteiger partial charge in [-0.05, 0) is 68.1 Å². The number of esters is 1. The minimum atomic E-state index is -0.574. The van der Waals surface area contributed by atoms with Crippen molar-refractivity contribution in [1.82, 2.24) is 10.6 Å². The molecule has 30 heavy (non-hydrogen) atoms. The molecule has 1 aliphatic rings. The minimum Gasteiger partial charge on any atom is -0.463 e. The van der Waals surface area contributed by atoms with Gasteiger partial charge in [0.1, 0.15) is 11.5 Å². The van der Waals surface area contributed by atoms with Crippen molar-refractivity contribution in [3.05, 3.63) is 70.4 Å². The molecule has 158 valence electrons. The zero-order valence-electron chi connectivity index (χ0n) is 17.9. The first-order chi connectivity index (χ1) is 14.4. The first-order valence-corrected chi connectivity index (χ1v) is 10.3. The number of benzene rings is 2. The van der Waals surface area contributed by atoms with E-state index in [9.17, 15) is 9.59 Å². The maximum Gasteiger partial charge on any atom is 0.338 e. The standard InChI is InChI=1S/C24H28N2O4/c1-5-7-20-21(23(27)29-6-2)22(26-24(28)25-20)17-9-12-18(13-10-17)30-19-11-8-15(3)16(4)14-19/h8-14,22H,5-7H2,1-4H3,(H2,25,26,28). The molecule has 6 nitrogen and oxygen atoms in total. The fraction of sp³-hybridized carbons (Fsp3) is 0.333. The Labute approximate surface area is 177 Å². The van der Waals surface area contributed by atoms with Gasteiger partial charge in [0.05, 0.1) is 18.2 Å². The van der Waals surface area contributed by atoms with Crippen LogP contribution in [-0.4, -0.2) is 18.6 Å². The Bertz CT molecular complexity index is 964. The highest BCUT2D eigenvalue weighted by Gasteiger charge is 2.33. The molecule has 0 bridgehead atoms. The van der Waals surface area contributed by atoms with Crippen molar-refractivity contribution in [2.75, 3.05) is 6.61 Å². The Morgan fingerprint density at radius 2 is 1.70 bits per heavy atom. The van der Waals surface area contributed by atoms with E-state index in [4.69, 9.17) is 9.47 Å². The lowest BCUT2D eigenvalue weighted by atomic mass is 9.94. The molecule has 2 aromatic rings. The summed E-state index contributed by atoms with van der Waals surface area (Å²) >= 11 is 0. The van der Waals surface area contributed by atoms with Crippen LogP contribution in [0.2, 0.25) is 0 Å². The quantitative estimate of drug-likeness (QED) is 0.627. The maximum absolute atomic E-state index is 12.6. The van der Waals surface area contributed by atoms with E-state index < -0.39 is 12.0 Å². The van der Waals surface area contributed by atoms with Crippen molar-refractivity contribution in [2.24, 2.45) is 0 Å². The predicted octanol–water partition coefficient (Wildman–Crippen LogP) is 5.07. The van der Waals surface area contributed by atoms with Gasteiger partial charge in [-0.1, -0.05) is 31.5 Å². The molecule has 1 atom stereocenters. The number of urea groups is 1. The predicted molar refractivity (Wildman–Crippen MR) is 115 cm³/mol. The SMILES string of the molecule is CCCC1=C(C(=O)OCC)C(c2ccc(Oc3ccc(C)c(C)c3)cc2)NC(=O)N1. The topological polar surface area (TPSA) is 76.7 Å². The molecule has 0 aromatic heterocycles. The molecule has 3 rings (SSSR count). The molecule has 0 aliphatic carbocycles. The van der Waals surface area contributed by atoms with Crippen LogP contribution in [0.1, 0.15) is 49.4 Å². The van der Waals surface area contributed by atoms with Crippen LogP contribution in [-0.2, 0) is 9.53 Å². The molecular formula is C24H28N2O4. The smallest absolute Gasteiger partial charge is 0.338 e. The summed E-state index contributed by atoms with van der Waals surface area (Å²) in [5.74, 6) is 1.02. The third-order valence-electron chi connectivity index (χ3n) is 5.08. The molecule has 2 aromatic carbocycles. The van der Waals surface area contributed by atoms with Gasteiger partial charge < -0.3 is 20.1 Å². The zero-order chi connectivity index (χ0) is 21.7. The van der Waals surface area contributed by atoms with Gasteiger partial charge in [0.2, 0.25) is 0 Å². The van der Waals surface area contributed by atoms with Crippen LogP contribution in [0.3, 0.4) is 0 Å². The second-order valence-electron chi connectivity index (χ2n) is 7.31. The van der Waals surface area contributed by atoms with E-state index in [1.807, 2.05) is 56.3 Å². The van der Waals surface area contributed by atoms with E-state index in [-0.39, 0.29) is 12.6 Å². The summed E-state index contributed by atoms with van der Waals surface area (Å²) in [4.78, 5) is 24.8. The average molecular weight is 408 g/mol. The van der Waals surface area contributed by atoms with Gasteiger partial charge in [-0.25, -0.2) is 9.59 Å². The number of hydrogen-bond donors (Lipinski definition) is 2. The Balaban J connectivity index is 1.88. The van der Waals surface area contributed by atoms with Crippen molar-refractivity contribution >= 4 is 12.0 Å². The lowest BCUT2D eigenvalue weighted by Crippen LogP contribution is -2.46. The number of allylic oxidation sites excluding steroid dienone is 1. The van der Waals surface area contributed by atoms with Crippen LogP contribution in [0.5, 0.6) is 11.5 Å². The summed E-state index contributed by atoms with van der Waals surface area (Å²) < 4.78 is 11.2. The molecule has 1 heterocycles. The van der Waals surface area contributed by atoms with Crippen molar-refractivity contribution < 1.29 is 19.1 Å². The minimum absolute atomic E-state index is 0.269. The van der Waals surface area contributed by atoms with Gasteiger partial charge in [0.15, 0.2) is 0 Å². The summed E-state index contributed by atoms with van der Waals surface area (Å²) in [6.45, 7) is 8.13. The highest BCUT2D eigenvalue weighted by atomic mass is 16.5. The molecule has 0 radical (unpaired) electrons. The molecule has 0 saturated carbocycles. The monoisotopic (exact) mass is 408 g/mol. The van der Waals surface area contributed by atoms with Crippen LogP contribution in [0.4, 0.5) is 4.79 Å². The number of carbonyl (C=O) groups excluding carboxylic acids is 2. The summed E-state index contributed by atoms with van der Waals surface area (Å²) in [5.41, 5.74) is 4.21. The molecular weight excluding hydrogens is 380 g/mol. The normalized spacial score (nSPS) is 16.0. The van der Waals surface area contributed by atoms with Crippen LogP contribution >= 0.6 is 0 Å². The van der Waals surface area contributed by atoms with Gasteiger partial charge in [0, 0.05) is 5.70 Å². The zero-order valence-corrected chi connectivity index (χ0v) is 17.9. The fourth-order valence-corrected chi connectivity index (χ4v) is 3.41. The number of rotatable bonds is 7. The number of nitrogens with one attached hydrogen (secondary N) is 2. The van der Waals surface area contributed by atoms with Crippen molar-refractivity contribution in [2.45, 2.75) is 46.6 Å². The second-order valence-corrected chi connectivity index (χ2v) is 7.31. The summed E-state index contributed by atoms with van der Waals surface area (Å²) in [7, 11) is 0. The first kappa shape index (κ1) is 21.4. The van der Waals surface area contributed by atoms with E-state index in [0.717, 1.165) is 23.3 Å². The number of carbonyl (C=O) groups is 2. The molecule has 0 fully saturated rings. The molecule has 1 unspecified atom stereocenters.